The van der Waals surface area contributed by atoms with E-state index in [2.05, 4.69) is 27.2 Å². The maximum absolute atomic E-state index is 13.8. The highest BCUT2D eigenvalue weighted by molar-refractivity contribution is 7.81. The van der Waals surface area contributed by atoms with Crippen molar-refractivity contribution in [2.75, 3.05) is 43.5 Å². The minimum atomic E-state index is -4.69. The number of benzene rings is 1. The van der Waals surface area contributed by atoms with Crippen molar-refractivity contribution in [2.45, 2.75) is 43.8 Å². The fraction of sp³-hybridized carbons (Fsp3) is 0.464. The van der Waals surface area contributed by atoms with Crippen molar-refractivity contribution in [2.24, 2.45) is 10.9 Å². The SMILES string of the molecule is CN=Cc1ncc(N2C(=O)C3(CCC3)N(c3ccc(C(=O)NCC4CCN(C)CC4)cc3)C2=S)cc1C(F)(F)F. The Balaban J connectivity index is 1.37. The number of anilines is 2. The van der Waals surface area contributed by atoms with Crippen molar-refractivity contribution in [1.29, 1.82) is 0 Å². The van der Waals surface area contributed by atoms with E-state index in [4.69, 9.17) is 12.2 Å². The molecule has 3 heterocycles. The van der Waals surface area contributed by atoms with Gasteiger partial charge in [0.25, 0.3) is 11.8 Å². The molecule has 40 heavy (non-hydrogen) atoms. The van der Waals surface area contributed by atoms with Gasteiger partial charge in [0.1, 0.15) is 5.54 Å². The molecule has 0 unspecified atom stereocenters. The van der Waals surface area contributed by atoms with Crippen molar-refractivity contribution in [3.8, 4) is 0 Å². The fourth-order valence-electron chi connectivity index (χ4n) is 5.61. The average molecular weight is 573 g/mol. The molecule has 1 aromatic heterocycles. The van der Waals surface area contributed by atoms with E-state index in [9.17, 15) is 22.8 Å². The second-order valence-corrected chi connectivity index (χ2v) is 11.0. The van der Waals surface area contributed by atoms with Crippen molar-refractivity contribution in [1.82, 2.24) is 15.2 Å². The van der Waals surface area contributed by atoms with Crippen molar-refractivity contribution in [3.05, 3.63) is 53.3 Å². The molecular weight excluding hydrogens is 541 g/mol. The van der Waals surface area contributed by atoms with E-state index in [-0.39, 0.29) is 28.3 Å². The van der Waals surface area contributed by atoms with Gasteiger partial charge in [0, 0.05) is 31.1 Å². The molecule has 1 aromatic carbocycles. The highest BCUT2D eigenvalue weighted by Crippen LogP contribution is 2.48. The van der Waals surface area contributed by atoms with Gasteiger partial charge in [-0.25, -0.2) is 0 Å². The summed E-state index contributed by atoms with van der Waals surface area (Å²) >= 11 is 5.69. The number of hydrogen-bond acceptors (Lipinski definition) is 6. The minimum absolute atomic E-state index is 0.0470. The number of alkyl halides is 3. The lowest BCUT2D eigenvalue weighted by Gasteiger charge is -2.43. The number of rotatable bonds is 6. The molecule has 1 saturated carbocycles. The zero-order chi connectivity index (χ0) is 28.7. The number of nitrogens with one attached hydrogen (secondary N) is 1. The molecule has 2 aliphatic heterocycles. The second kappa shape index (κ2) is 10.9. The van der Waals surface area contributed by atoms with Gasteiger partial charge in [0.15, 0.2) is 5.11 Å². The molecule has 2 amide bonds. The van der Waals surface area contributed by atoms with Crippen LogP contribution in [0.2, 0.25) is 0 Å². The topological polar surface area (TPSA) is 81.1 Å². The van der Waals surface area contributed by atoms with E-state index in [1.54, 1.807) is 29.2 Å². The molecule has 2 saturated heterocycles. The van der Waals surface area contributed by atoms with Gasteiger partial charge in [0.05, 0.1) is 23.1 Å². The van der Waals surface area contributed by atoms with Crippen molar-refractivity contribution < 1.29 is 22.8 Å². The molecule has 12 heteroatoms. The van der Waals surface area contributed by atoms with Crippen LogP contribution in [-0.4, -0.2) is 72.3 Å². The van der Waals surface area contributed by atoms with Crippen LogP contribution < -0.4 is 15.1 Å². The minimum Gasteiger partial charge on any atom is -0.352 e. The molecule has 1 aliphatic carbocycles. The maximum atomic E-state index is 13.8. The van der Waals surface area contributed by atoms with Crippen LogP contribution in [0.25, 0.3) is 0 Å². The van der Waals surface area contributed by atoms with Crippen molar-refractivity contribution in [3.63, 3.8) is 0 Å². The third kappa shape index (κ3) is 5.10. The lowest BCUT2D eigenvalue weighted by Crippen LogP contribution is -2.55. The molecular formula is C28H31F3N6O2S. The van der Waals surface area contributed by atoms with Crippen LogP contribution in [0, 0.1) is 5.92 Å². The number of amides is 2. The monoisotopic (exact) mass is 572 g/mol. The summed E-state index contributed by atoms with van der Waals surface area (Å²) < 4.78 is 41.4. The smallest absolute Gasteiger partial charge is 0.352 e. The fourth-order valence-corrected chi connectivity index (χ4v) is 6.08. The first kappa shape index (κ1) is 28.2. The van der Waals surface area contributed by atoms with Crippen LogP contribution in [0.5, 0.6) is 0 Å². The second-order valence-electron chi connectivity index (χ2n) is 10.7. The first-order valence-electron chi connectivity index (χ1n) is 13.3. The summed E-state index contributed by atoms with van der Waals surface area (Å²) in [4.78, 5) is 39.2. The van der Waals surface area contributed by atoms with Gasteiger partial charge >= 0.3 is 6.18 Å². The number of hydrogen-bond donors (Lipinski definition) is 1. The first-order chi connectivity index (χ1) is 19.0. The number of nitrogens with zero attached hydrogens (tertiary/aromatic N) is 5. The normalized spacial score (nSPS) is 20.0. The van der Waals surface area contributed by atoms with Gasteiger partial charge in [0.2, 0.25) is 0 Å². The zero-order valence-electron chi connectivity index (χ0n) is 22.4. The Morgan fingerprint density at radius 3 is 2.45 bits per heavy atom. The maximum Gasteiger partial charge on any atom is 0.418 e. The van der Waals surface area contributed by atoms with Gasteiger partial charge in [-0.05, 0) is 101 Å². The summed E-state index contributed by atoms with van der Waals surface area (Å²) in [5.74, 6) is -0.102. The molecule has 5 rings (SSSR count). The van der Waals surface area contributed by atoms with Crippen molar-refractivity contribution >= 4 is 46.7 Å². The van der Waals surface area contributed by atoms with E-state index < -0.39 is 17.3 Å². The predicted molar refractivity (Wildman–Crippen MR) is 151 cm³/mol. The Kier molecular flexibility index (Phi) is 7.66. The summed E-state index contributed by atoms with van der Waals surface area (Å²) in [6, 6.07) is 7.72. The van der Waals surface area contributed by atoms with Crippen LogP contribution in [0.1, 0.15) is 53.7 Å². The molecule has 0 bridgehead atoms. The zero-order valence-corrected chi connectivity index (χ0v) is 23.2. The number of thiocarbonyl (C=S) groups is 1. The van der Waals surface area contributed by atoms with E-state index in [1.165, 1.54) is 13.2 Å². The van der Waals surface area contributed by atoms with Gasteiger partial charge in [-0.15, -0.1) is 0 Å². The number of carbonyl (C=O) groups is 2. The van der Waals surface area contributed by atoms with Crippen LogP contribution in [0.4, 0.5) is 24.5 Å². The third-order valence-electron chi connectivity index (χ3n) is 8.09. The molecule has 0 atom stereocenters. The summed E-state index contributed by atoms with van der Waals surface area (Å²) in [5.41, 5.74) is -1.27. The lowest BCUT2D eigenvalue weighted by molar-refractivity contribution is -0.138. The van der Waals surface area contributed by atoms with Gasteiger partial charge in [-0.1, -0.05) is 0 Å². The van der Waals surface area contributed by atoms with E-state index >= 15 is 0 Å². The third-order valence-corrected chi connectivity index (χ3v) is 8.45. The van der Waals surface area contributed by atoms with Crippen LogP contribution in [0.15, 0.2) is 41.5 Å². The number of aromatic nitrogens is 1. The molecule has 1 spiro atoms. The van der Waals surface area contributed by atoms with Crippen LogP contribution >= 0.6 is 12.2 Å². The van der Waals surface area contributed by atoms with Gasteiger partial charge < -0.3 is 15.1 Å². The molecule has 8 nitrogen and oxygen atoms in total. The Labute approximate surface area is 236 Å². The Morgan fingerprint density at radius 2 is 1.88 bits per heavy atom. The Morgan fingerprint density at radius 1 is 1.20 bits per heavy atom. The molecule has 0 radical (unpaired) electrons. The molecule has 3 fully saturated rings. The number of carbonyl (C=O) groups excluding carboxylic acids is 2. The Hall–Kier alpha value is -3.38. The summed E-state index contributed by atoms with van der Waals surface area (Å²) in [5, 5.41) is 3.10. The largest absolute Gasteiger partial charge is 0.418 e. The highest BCUT2D eigenvalue weighted by atomic mass is 32.1. The predicted octanol–water partition coefficient (Wildman–Crippen LogP) is 4.28. The molecule has 2 aromatic rings. The Bertz CT molecular complexity index is 1330. The average Bonchev–Trinajstić information content (AvgIpc) is 3.14. The number of aliphatic imine (C=N–C) groups is 1. The first-order valence-corrected chi connectivity index (χ1v) is 13.7. The van der Waals surface area contributed by atoms with Gasteiger partial charge in [-0.3, -0.25) is 24.5 Å². The number of piperidine rings is 1. The summed E-state index contributed by atoms with van der Waals surface area (Å²) in [6.45, 7) is 2.66. The highest BCUT2D eigenvalue weighted by Gasteiger charge is 2.59. The number of pyridine rings is 1. The summed E-state index contributed by atoms with van der Waals surface area (Å²) in [6.07, 6.45) is 1.46. The molecule has 1 N–H and O–H groups in total. The van der Waals surface area contributed by atoms with E-state index in [0.717, 1.165) is 49.5 Å². The van der Waals surface area contributed by atoms with Crippen LogP contribution in [0.3, 0.4) is 0 Å². The number of halogens is 3. The molecule has 212 valence electrons. The van der Waals surface area contributed by atoms with Gasteiger partial charge in [-0.2, -0.15) is 13.2 Å². The van der Waals surface area contributed by atoms with E-state index in [0.29, 0.717) is 36.6 Å². The number of likely N-dealkylation sites (tertiary alicyclic amines) is 1. The lowest BCUT2D eigenvalue weighted by atomic mass is 9.75. The standard InChI is InChI=1S/C28H31F3N6O2S/c1-32-17-23-22(28(29,30)31)14-21(16-33-23)36-25(39)27(10-3-11-27)37(26(36)40)20-6-4-19(5-7-20)24(38)34-15-18-8-12-35(2)13-9-18/h4-7,14,16-18H,3,8-13,15H2,1-2H3,(H,34,38). The van der Waals surface area contributed by atoms with Crippen LogP contribution in [-0.2, 0) is 11.0 Å². The molecule has 3 aliphatic rings. The quantitative estimate of drug-likeness (QED) is 0.411. The summed E-state index contributed by atoms with van der Waals surface area (Å²) in [7, 11) is 3.45. The van der Waals surface area contributed by atoms with E-state index in [1.807, 2.05) is 0 Å².